The van der Waals surface area contributed by atoms with Crippen molar-refractivity contribution in [1.29, 1.82) is 5.26 Å². The highest BCUT2D eigenvalue weighted by atomic mass is 16.1. The van der Waals surface area contributed by atoms with Crippen LogP contribution in [0.2, 0.25) is 0 Å². The third-order valence-corrected chi connectivity index (χ3v) is 3.12. The average Bonchev–Trinajstić information content (AvgIpc) is 3.02. The molecule has 0 fully saturated rings. The zero-order valence-electron chi connectivity index (χ0n) is 12.5. The molecule has 0 radical (unpaired) electrons. The van der Waals surface area contributed by atoms with Gasteiger partial charge in [0, 0.05) is 18.3 Å². The molecule has 5 heteroatoms. The molecule has 22 heavy (non-hydrogen) atoms. The van der Waals surface area contributed by atoms with Crippen molar-refractivity contribution >= 4 is 12.0 Å². The zero-order chi connectivity index (χ0) is 15.8. The molecule has 0 unspecified atom stereocenters. The van der Waals surface area contributed by atoms with Gasteiger partial charge in [-0.3, -0.25) is 4.79 Å². The van der Waals surface area contributed by atoms with Gasteiger partial charge in [-0.05, 0) is 24.6 Å². The number of carbonyl (C=O) groups excluding carboxylic acids is 1. The van der Waals surface area contributed by atoms with Crippen molar-refractivity contribution < 1.29 is 4.79 Å². The highest BCUT2D eigenvalue weighted by Gasteiger charge is 2.09. The first kappa shape index (κ1) is 15.5. The molecule has 0 bridgehead atoms. The highest BCUT2D eigenvalue weighted by Crippen LogP contribution is 2.10. The fourth-order valence-electron chi connectivity index (χ4n) is 1.92. The number of benzene rings is 1. The summed E-state index contributed by atoms with van der Waals surface area (Å²) in [5.41, 5.74) is 1.72. The molecule has 1 aromatic heterocycles. The summed E-state index contributed by atoms with van der Waals surface area (Å²) in [4.78, 5) is 11.9. The summed E-state index contributed by atoms with van der Waals surface area (Å²) < 4.78 is 1.70. The minimum Gasteiger partial charge on any atom is -0.351 e. The van der Waals surface area contributed by atoms with Crippen molar-refractivity contribution in [1.82, 2.24) is 15.1 Å². The number of hydrogen-bond donors (Lipinski definition) is 1. The molecule has 1 aromatic carbocycles. The van der Waals surface area contributed by atoms with Crippen LogP contribution in [0, 0.1) is 11.3 Å². The second kappa shape index (κ2) is 7.79. The monoisotopic (exact) mass is 294 g/mol. The van der Waals surface area contributed by atoms with Gasteiger partial charge >= 0.3 is 0 Å². The number of rotatable bonds is 6. The Morgan fingerprint density at radius 1 is 1.41 bits per heavy atom. The first-order valence-electron chi connectivity index (χ1n) is 7.24. The van der Waals surface area contributed by atoms with E-state index >= 15 is 0 Å². The molecule has 2 rings (SSSR count). The largest absolute Gasteiger partial charge is 0.351 e. The first-order chi connectivity index (χ1) is 10.7. The van der Waals surface area contributed by atoms with Crippen LogP contribution in [0.4, 0.5) is 0 Å². The van der Waals surface area contributed by atoms with Crippen LogP contribution in [-0.4, -0.2) is 22.2 Å². The van der Waals surface area contributed by atoms with Gasteiger partial charge in [-0.25, -0.2) is 4.68 Å². The molecule has 0 aliphatic heterocycles. The Morgan fingerprint density at radius 3 is 2.86 bits per heavy atom. The number of para-hydroxylation sites is 1. The average molecular weight is 294 g/mol. The summed E-state index contributed by atoms with van der Waals surface area (Å²) in [5.74, 6) is -0.344. The summed E-state index contributed by atoms with van der Waals surface area (Å²) in [7, 11) is 0. The van der Waals surface area contributed by atoms with Crippen molar-refractivity contribution in [2.24, 2.45) is 0 Å². The first-order valence-corrected chi connectivity index (χ1v) is 7.24. The number of amides is 1. The van der Waals surface area contributed by atoms with Crippen molar-refractivity contribution in [3.63, 3.8) is 0 Å². The fourth-order valence-corrected chi connectivity index (χ4v) is 1.92. The Morgan fingerprint density at radius 2 is 2.18 bits per heavy atom. The number of aromatic nitrogens is 2. The molecule has 1 N–H and O–H groups in total. The maximum atomic E-state index is 11.9. The van der Waals surface area contributed by atoms with E-state index in [4.69, 9.17) is 5.26 Å². The van der Waals surface area contributed by atoms with Crippen LogP contribution in [0.1, 0.15) is 25.3 Å². The van der Waals surface area contributed by atoms with Crippen molar-refractivity contribution in [3.8, 4) is 11.8 Å². The van der Waals surface area contributed by atoms with Gasteiger partial charge in [0.1, 0.15) is 11.6 Å². The molecule has 112 valence electrons. The number of nitrogens with zero attached hydrogens (tertiary/aromatic N) is 3. The maximum Gasteiger partial charge on any atom is 0.261 e. The van der Waals surface area contributed by atoms with Gasteiger partial charge in [0.25, 0.3) is 5.91 Å². The third kappa shape index (κ3) is 4.06. The van der Waals surface area contributed by atoms with E-state index in [9.17, 15) is 4.79 Å². The van der Waals surface area contributed by atoms with E-state index in [1.165, 1.54) is 0 Å². The van der Waals surface area contributed by atoms with Crippen molar-refractivity contribution in [2.75, 3.05) is 6.54 Å². The molecular formula is C17H18N4O. The molecule has 0 aliphatic rings. The van der Waals surface area contributed by atoms with Gasteiger partial charge in [-0.2, -0.15) is 10.4 Å². The molecule has 0 aliphatic carbocycles. The molecule has 0 saturated heterocycles. The summed E-state index contributed by atoms with van der Waals surface area (Å²) in [6.07, 6.45) is 6.86. The SMILES string of the molecule is CCCCNC(=O)/C(C#N)=C/c1cnn(-c2ccccc2)c1. The molecule has 5 nitrogen and oxygen atoms in total. The minimum atomic E-state index is -0.344. The van der Waals surface area contributed by atoms with Crippen LogP contribution in [0.25, 0.3) is 11.8 Å². The normalized spacial score (nSPS) is 11.0. The third-order valence-electron chi connectivity index (χ3n) is 3.12. The minimum absolute atomic E-state index is 0.0868. The predicted octanol–water partition coefficient (Wildman–Crippen LogP) is 2.70. The standard InChI is InChI=1S/C17H18N4O/c1-2-3-9-19-17(22)15(11-18)10-14-12-20-21(13-14)16-7-5-4-6-8-16/h4-8,10,12-13H,2-3,9H2,1H3,(H,19,22)/b15-10+. The van der Waals surface area contributed by atoms with Crippen LogP contribution in [0.5, 0.6) is 0 Å². The zero-order valence-corrected chi connectivity index (χ0v) is 12.5. The predicted molar refractivity (Wildman–Crippen MR) is 85.1 cm³/mol. The number of nitriles is 1. The molecule has 0 atom stereocenters. The van der Waals surface area contributed by atoms with E-state index < -0.39 is 0 Å². The molecule has 0 saturated carbocycles. The molecule has 1 heterocycles. The molecule has 2 aromatic rings. The Hall–Kier alpha value is -2.87. The van der Waals surface area contributed by atoms with Crippen molar-refractivity contribution in [2.45, 2.75) is 19.8 Å². The summed E-state index contributed by atoms with van der Waals surface area (Å²) in [5, 5.41) is 16.1. The Balaban J connectivity index is 2.12. The van der Waals surface area contributed by atoms with Gasteiger partial charge in [-0.1, -0.05) is 31.5 Å². The lowest BCUT2D eigenvalue weighted by atomic mass is 10.2. The number of hydrogen-bond acceptors (Lipinski definition) is 3. The summed E-state index contributed by atoms with van der Waals surface area (Å²) in [6, 6.07) is 11.6. The maximum absolute atomic E-state index is 11.9. The second-order valence-electron chi connectivity index (χ2n) is 4.83. The van der Waals surface area contributed by atoms with Gasteiger partial charge in [0.15, 0.2) is 0 Å². The molecule has 0 spiro atoms. The van der Waals surface area contributed by atoms with Crippen LogP contribution < -0.4 is 5.32 Å². The number of unbranched alkanes of at least 4 members (excludes halogenated alkanes) is 1. The fraction of sp³-hybridized carbons (Fsp3) is 0.235. The Labute approximate surface area is 129 Å². The quantitative estimate of drug-likeness (QED) is 0.506. The molecule has 1 amide bonds. The van der Waals surface area contributed by atoms with Crippen LogP contribution >= 0.6 is 0 Å². The smallest absolute Gasteiger partial charge is 0.261 e. The van der Waals surface area contributed by atoms with E-state index in [1.807, 2.05) is 43.3 Å². The number of carbonyl (C=O) groups is 1. The Kier molecular flexibility index (Phi) is 5.50. The Bertz CT molecular complexity index is 695. The van der Waals surface area contributed by atoms with E-state index in [0.29, 0.717) is 12.1 Å². The van der Waals surface area contributed by atoms with Crippen LogP contribution in [-0.2, 0) is 4.79 Å². The van der Waals surface area contributed by atoms with E-state index in [-0.39, 0.29) is 11.5 Å². The summed E-state index contributed by atoms with van der Waals surface area (Å²) in [6.45, 7) is 2.63. The highest BCUT2D eigenvalue weighted by molar-refractivity contribution is 6.01. The second-order valence-corrected chi connectivity index (χ2v) is 4.83. The molecular weight excluding hydrogens is 276 g/mol. The van der Waals surface area contributed by atoms with E-state index in [0.717, 1.165) is 18.5 Å². The van der Waals surface area contributed by atoms with Gasteiger partial charge in [0.2, 0.25) is 0 Å². The lowest BCUT2D eigenvalue weighted by Gasteiger charge is -2.02. The van der Waals surface area contributed by atoms with Gasteiger partial charge in [-0.15, -0.1) is 0 Å². The van der Waals surface area contributed by atoms with Crippen LogP contribution in [0.3, 0.4) is 0 Å². The summed E-state index contributed by atoms with van der Waals surface area (Å²) >= 11 is 0. The van der Waals surface area contributed by atoms with E-state index in [1.54, 1.807) is 23.2 Å². The van der Waals surface area contributed by atoms with Gasteiger partial charge < -0.3 is 5.32 Å². The van der Waals surface area contributed by atoms with Crippen molar-refractivity contribution in [3.05, 3.63) is 53.9 Å². The topological polar surface area (TPSA) is 70.7 Å². The van der Waals surface area contributed by atoms with E-state index in [2.05, 4.69) is 10.4 Å². The lowest BCUT2D eigenvalue weighted by Crippen LogP contribution is -2.25. The van der Waals surface area contributed by atoms with Crippen LogP contribution in [0.15, 0.2) is 48.3 Å². The number of nitrogens with one attached hydrogen (secondary N) is 1. The lowest BCUT2D eigenvalue weighted by molar-refractivity contribution is -0.117. The van der Waals surface area contributed by atoms with Gasteiger partial charge in [0.05, 0.1) is 11.9 Å².